The third-order valence-corrected chi connectivity index (χ3v) is 3.53. The summed E-state index contributed by atoms with van der Waals surface area (Å²) in [6.45, 7) is 7.93. The minimum atomic E-state index is -0.228. The van der Waals surface area contributed by atoms with Gasteiger partial charge in [-0.1, -0.05) is 32.9 Å². The molecular weight excluding hydrogens is 290 g/mol. The fourth-order valence-corrected chi connectivity index (χ4v) is 2.07. The van der Waals surface area contributed by atoms with E-state index in [1.165, 1.54) is 5.56 Å². The molecule has 0 heterocycles. The van der Waals surface area contributed by atoms with Crippen LogP contribution in [-0.4, -0.2) is 50.4 Å². The van der Waals surface area contributed by atoms with Gasteiger partial charge in [0, 0.05) is 12.1 Å². The molecule has 0 bridgehead atoms. The van der Waals surface area contributed by atoms with Gasteiger partial charge in [0.05, 0.1) is 6.54 Å². The molecule has 0 atom stereocenters. The molecule has 1 aromatic rings. The highest BCUT2D eigenvalue weighted by Gasteiger charge is 2.14. The molecule has 0 spiro atoms. The molecule has 5 heteroatoms. The maximum absolute atomic E-state index is 12.0. The molecule has 128 valence electrons. The van der Waals surface area contributed by atoms with Crippen molar-refractivity contribution in [2.75, 3.05) is 33.7 Å². The molecule has 0 aromatic heterocycles. The quantitative estimate of drug-likeness (QED) is 0.753. The highest BCUT2D eigenvalue weighted by Crippen LogP contribution is 2.22. The van der Waals surface area contributed by atoms with E-state index in [0.29, 0.717) is 12.1 Å². The Morgan fingerprint density at radius 2 is 1.65 bits per heavy atom. The average molecular weight is 319 g/mol. The molecule has 0 fully saturated rings. The van der Waals surface area contributed by atoms with Crippen LogP contribution >= 0.6 is 0 Å². The summed E-state index contributed by atoms with van der Waals surface area (Å²) in [6, 6.07) is 7.50. The maximum Gasteiger partial charge on any atom is 0.251 e. The summed E-state index contributed by atoms with van der Waals surface area (Å²) in [4.78, 5) is 25.8. The van der Waals surface area contributed by atoms with Gasteiger partial charge in [-0.15, -0.1) is 0 Å². The summed E-state index contributed by atoms with van der Waals surface area (Å²) < 4.78 is 0. The second-order valence-corrected chi connectivity index (χ2v) is 7.02. The van der Waals surface area contributed by atoms with Gasteiger partial charge in [-0.3, -0.25) is 9.59 Å². The van der Waals surface area contributed by atoms with Crippen LogP contribution in [0.2, 0.25) is 0 Å². The van der Waals surface area contributed by atoms with E-state index < -0.39 is 0 Å². The minimum absolute atomic E-state index is 0.00181. The molecule has 5 nitrogen and oxygen atoms in total. The van der Waals surface area contributed by atoms with Gasteiger partial charge in [0.1, 0.15) is 0 Å². The van der Waals surface area contributed by atoms with Crippen molar-refractivity contribution in [3.63, 3.8) is 0 Å². The standard InChI is InChI=1S/C18H29N3O2/c1-18(2,3)15-9-7-14(8-10-15)17(23)20-13-16(22)19-11-6-12-21(4)5/h7-10H,6,11-13H2,1-5H3,(H,19,22)(H,20,23). The Hall–Kier alpha value is -1.88. The van der Waals surface area contributed by atoms with Crippen LogP contribution in [0.15, 0.2) is 24.3 Å². The van der Waals surface area contributed by atoms with E-state index in [-0.39, 0.29) is 23.8 Å². The topological polar surface area (TPSA) is 61.4 Å². The lowest BCUT2D eigenvalue weighted by Crippen LogP contribution is -2.37. The fourth-order valence-electron chi connectivity index (χ4n) is 2.07. The van der Waals surface area contributed by atoms with E-state index in [9.17, 15) is 9.59 Å². The first-order valence-electron chi connectivity index (χ1n) is 8.00. The van der Waals surface area contributed by atoms with Crippen molar-refractivity contribution in [2.24, 2.45) is 0 Å². The van der Waals surface area contributed by atoms with Gasteiger partial charge in [-0.2, -0.15) is 0 Å². The van der Waals surface area contributed by atoms with Gasteiger partial charge in [0.15, 0.2) is 0 Å². The Labute approximate surface area is 139 Å². The number of amides is 2. The average Bonchev–Trinajstić information content (AvgIpc) is 2.48. The van der Waals surface area contributed by atoms with Crippen molar-refractivity contribution >= 4 is 11.8 Å². The van der Waals surface area contributed by atoms with E-state index in [1.54, 1.807) is 12.1 Å². The molecule has 1 rings (SSSR count). The Kier molecular flexibility index (Phi) is 7.23. The summed E-state index contributed by atoms with van der Waals surface area (Å²) in [6.07, 6.45) is 0.890. The van der Waals surface area contributed by atoms with E-state index >= 15 is 0 Å². The summed E-state index contributed by atoms with van der Waals surface area (Å²) >= 11 is 0. The molecule has 1 aromatic carbocycles. The highest BCUT2D eigenvalue weighted by atomic mass is 16.2. The number of hydrogen-bond acceptors (Lipinski definition) is 3. The number of carbonyl (C=O) groups excluding carboxylic acids is 2. The Bertz CT molecular complexity index is 516. The summed E-state index contributed by atoms with van der Waals surface area (Å²) in [5.41, 5.74) is 1.80. The zero-order valence-electron chi connectivity index (χ0n) is 14.9. The fraction of sp³-hybridized carbons (Fsp3) is 0.556. The van der Waals surface area contributed by atoms with E-state index in [2.05, 4.69) is 36.3 Å². The van der Waals surface area contributed by atoms with Crippen LogP contribution in [0.1, 0.15) is 43.1 Å². The largest absolute Gasteiger partial charge is 0.355 e. The van der Waals surface area contributed by atoms with Gasteiger partial charge in [0.25, 0.3) is 5.91 Å². The lowest BCUT2D eigenvalue weighted by atomic mass is 9.87. The van der Waals surface area contributed by atoms with Crippen molar-refractivity contribution in [1.82, 2.24) is 15.5 Å². The molecular formula is C18H29N3O2. The van der Waals surface area contributed by atoms with Crippen molar-refractivity contribution in [3.05, 3.63) is 35.4 Å². The van der Waals surface area contributed by atoms with Gasteiger partial charge >= 0.3 is 0 Å². The molecule has 0 radical (unpaired) electrons. The number of nitrogens with zero attached hydrogens (tertiary/aromatic N) is 1. The molecule has 2 amide bonds. The van der Waals surface area contributed by atoms with Crippen molar-refractivity contribution in [3.8, 4) is 0 Å². The van der Waals surface area contributed by atoms with E-state index in [0.717, 1.165) is 13.0 Å². The highest BCUT2D eigenvalue weighted by molar-refractivity contribution is 5.96. The smallest absolute Gasteiger partial charge is 0.251 e. The van der Waals surface area contributed by atoms with Crippen LogP contribution in [0.4, 0.5) is 0 Å². The third-order valence-electron chi connectivity index (χ3n) is 3.53. The molecule has 0 saturated carbocycles. The van der Waals surface area contributed by atoms with Gasteiger partial charge in [-0.05, 0) is 50.2 Å². The summed E-state index contributed by atoms with van der Waals surface area (Å²) in [7, 11) is 3.99. The molecule has 0 unspecified atom stereocenters. The first-order chi connectivity index (χ1) is 10.7. The second-order valence-electron chi connectivity index (χ2n) is 7.02. The Morgan fingerprint density at radius 3 is 2.17 bits per heavy atom. The number of hydrogen-bond donors (Lipinski definition) is 2. The van der Waals surface area contributed by atoms with Gasteiger partial charge in [-0.25, -0.2) is 0 Å². The monoisotopic (exact) mass is 319 g/mol. The van der Waals surface area contributed by atoms with Crippen LogP contribution in [-0.2, 0) is 10.2 Å². The number of benzene rings is 1. The van der Waals surface area contributed by atoms with Crippen molar-refractivity contribution in [1.29, 1.82) is 0 Å². The third kappa shape index (κ3) is 7.28. The molecule has 0 aliphatic rings. The number of carbonyl (C=O) groups is 2. The SMILES string of the molecule is CN(C)CCCNC(=O)CNC(=O)c1ccc(C(C)(C)C)cc1. The van der Waals surface area contributed by atoms with Crippen molar-refractivity contribution < 1.29 is 9.59 Å². The molecule has 23 heavy (non-hydrogen) atoms. The Morgan fingerprint density at radius 1 is 1.04 bits per heavy atom. The van der Waals surface area contributed by atoms with Crippen molar-refractivity contribution in [2.45, 2.75) is 32.6 Å². The van der Waals surface area contributed by atoms with Crippen LogP contribution < -0.4 is 10.6 Å². The predicted molar refractivity (Wildman–Crippen MR) is 93.7 cm³/mol. The van der Waals surface area contributed by atoms with Crippen LogP contribution in [0.3, 0.4) is 0 Å². The Balaban J connectivity index is 2.37. The van der Waals surface area contributed by atoms with Gasteiger partial charge in [0.2, 0.25) is 5.91 Å². The summed E-state index contributed by atoms with van der Waals surface area (Å²) in [5, 5.41) is 5.44. The zero-order valence-corrected chi connectivity index (χ0v) is 14.9. The van der Waals surface area contributed by atoms with Crippen LogP contribution in [0, 0.1) is 0 Å². The predicted octanol–water partition coefficient (Wildman–Crippen LogP) is 1.78. The number of nitrogens with one attached hydrogen (secondary N) is 2. The second kappa shape index (κ2) is 8.67. The van der Waals surface area contributed by atoms with Crippen LogP contribution in [0.25, 0.3) is 0 Å². The number of rotatable bonds is 7. The molecule has 2 N–H and O–H groups in total. The van der Waals surface area contributed by atoms with Crippen LogP contribution in [0.5, 0.6) is 0 Å². The maximum atomic E-state index is 12.0. The lowest BCUT2D eigenvalue weighted by molar-refractivity contribution is -0.120. The molecule has 0 aliphatic heterocycles. The zero-order chi connectivity index (χ0) is 17.5. The molecule has 0 aliphatic carbocycles. The van der Waals surface area contributed by atoms with E-state index in [4.69, 9.17) is 0 Å². The summed E-state index contributed by atoms with van der Waals surface area (Å²) in [5.74, 6) is -0.391. The minimum Gasteiger partial charge on any atom is -0.355 e. The first kappa shape index (κ1) is 19.2. The van der Waals surface area contributed by atoms with E-state index in [1.807, 2.05) is 26.2 Å². The molecule has 0 saturated heterocycles. The normalized spacial score (nSPS) is 11.4. The van der Waals surface area contributed by atoms with Gasteiger partial charge < -0.3 is 15.5 Å². The lowest BCUT2D eigenvalue weighted by Gasteiger charge is -2.19. The first-order valence-corrected chi connectivity index (χ1v) is 8.00.